The highest BCUT2D eigenvalue weighted by molar-refractivity contribution is 7.91. The van der Waals surface area contributed by atoms with E-state index in [1.54, 1.807) is 0 Å². The Morgan fingerprint density at radius 3 is 1.91 bits per heavy atom. The predicted molar refractivity (Wildman–Crippen MR) is 130 cm³/mol. The molecule has 176 valence electrons. The van der Waals surface area contributed by atoms with Gasteiger partial charge in [-0.15, -0.1) is 0 Å². The van der Waals surface area contributed by atoms with Crippen LogP contribution < -0.4 is 0 Å². The van der Waals surface area contributed by atoms with Crippen LogP contribution in [0, 0.1) is 0 Å². The second kappa shape index (κ2) is 9.57. The molecular formula is C26H33N3O3S. The fourth-order valence-corrected chi connectivity index (χ4v) is 7.10. The lowest BCUT2D eigenvalue weighted by molar-refractivity contribution is -0.135. The fraction of sp³-hybridized carbons (Fsp3) is 0.500. The predicted octanol–water partition coefficient (Wildman–Crippen LogP) is 2.57. The summed E-state index contributed by atoms with van der Waals surface area (Å²) in [6.07, 6.45) is 2.60. The number of hydrogen-bond acceptors (Lipinski definition) is 5. The highest BCUT2D eigenvalue weighted by Gasteiger charge is 2.42. The molecule has 3 aliphatic rings. The maximum atomic E-state index is 13.2. The average Bonchev–Trinajstić information content (AvgIpc) is 3.59. The van der Waals surface area contributed by atoms with Crippen molar-refractivity contribution >= 4 is 15.7 Å². The van der Waals surface area contributed by atoms with Crippen molar-refractivity contribution in [2.45, 2.75) is 37.4 Å². The molecule has 1 atom stereocenters. The Morgan fingerprint density at radius 2 is 1.42 bits per heavy atom. The van der Waals surface area contributed by atoms with E-state index in [-0.39, 0.29) is 35.5 Å². The number of benzene rings is 2. The number of nitrogens with zero attached hydrogens (tertiary/aromatic N) is 3. The lowest BCUT2D eigenvalue weighted by Crippen LogP contribution is -2.52. The van der Waals surface area contributed by atoms with E-state index in [1.165, 1.54) is 11.1 Å². The minimum absolute atomic E-state index is 0.107. The highest BCUT2D eigenvalue weighted by atomic mass is 32.2. The summed E-state index contributed by atoms with van der Waals surface area (Å²) in [6.45, 7) is 3.85. The molecule has 0 bridgehead atoms. The number of carbonyl (C=O) groups is 1. The van der Waals surface area contributed by atoms with Crippen LogP contribution in [0.2, 0.25) is 0 Å². The van der Waals surface area contributed by atoms with Crippen molar-refractivity contribution in [2.24, 2.45) is 0 Å². The van der Waals surface area contributed by atoms with Crippen LogP contribution in [0.15, 0.2) is 60.7 Å². The van der Waals surface area contributed by atoms with Gasteiger partial charge >= 0.3 is 0 Å². The molecule has 2 saturated heterocycles. The van der Waals surface area contributed by atoms with Crippen LogP contribution in [0.1, 0.15) is 36.4 Å². The molecule has 33 heavy (non-hydrogen) atoms. The van der Waals surface area contributed by atoms with Gasteiger partial charge in [-0.2, -0.15) is 0 Å². The van der Waals surface area contributed by atoms with E-state index in [4.69, 9.17) is 0 Å². The Labute approximate surface area is 197 Å². The molecule has 2 heterocycles. The zero-order valence-electron chi connectivity index (χ0n) is 19.1. The van der Waals surface area contributed by atoms with Crippen LogP contribution in [0.5, 0.6) is 0 Å². The topological polar surface area (TPSA) is 60.9 Å². The molecule has 2 aromatic carbocycles. The molecule has 0 radical (unpaired) electrons. The summed E-state index contributed by atoms with van der Waals surface area (Å²) in [4.78, 5) is 19.9. The largest absolute Gasteiger partial charge is 0.335 e. The van der Waals surface area contributed by atoms with E-state index in [0.717, 1.165) is 39.0 Å². The number of carbonyl (C=O) groups excluding carboxylic acids is 1. The van der Waals surface area contributed by atoms with E-state index in [1.807, 2.05) is 4.90 Å². The Bertz CT molecular complexity index is 1010. The molecule has 0 spiro atoms. The average molecular weight is 468 g/mol. The van der Waals surface area contributed by atoms with Crippen molar-refractivity contribution in [1.29, 1.82) is 0 Å². The van der Waals surface area contributed by atoms with Gasteiger partial charge in [-0.1, -0.05) is 60.7 Å². The second-order valence-corrected chi connectivity index (χ2v) is 11.9. The third-order valence-corrected chi connectivity index (χ3v) is 8.94. The normalized spacial score (nSPS) is 23.6. The minimum Gasteiger partial charge on any atom is -0.335 e. The zero-order valence-corrected chi connectivity index (χ0v) is 19.9. The first-order valence-electron chi connectivity index (χ1n) is 12.1. The van der Waals surface area contributed by atoms with Gasteiger partial charge in [0.2, 0.25) is 5.91 Å². The second-order valence-electron chi connectivity index (χ2n) is 9.63. The molecule has 5 rings (SSSR count). The molecule has 1 unspecified atom stereocenters. The SMILES string of the molecule is O=C(CN1CCN(C(c2ccccc2)c2ccccc2)CC1)N(C1CC1)C1CCS(=O)(=O)C1. The molecule has 3 fully saturated rings. The fourth-order valence-electron chi connectivity index (χ4n) is 5.39. The molecular weight excluding hydrogens is 434 g/mol. The number of amides is 1. The molecule has 7 heteroatoms. The van der Waals surface area contributed by atoms with Gasteiger partial charge in [-0.05, 0) is 30.4 Å². The van der Waals surface area contributed by atoms with Gasteiger partial charge in [0.25, 0.3) is 0 Å². The molecule has 1 saturated carbocycles. The Hall–Kier alpha value is -2.22. The van der Waals surface area contributed by atoms with E-state index in [2.05, 4.69) is 70.5 Å². The Morgan fingerprint density at radius 1 is 0.848 bits per heavy atom. The van der Waals surface area contributed by atoms with Gasteiger partial charge in [0, 0.05) is 38.3 Å². The van der Waals surface area contributed by atoms with E-state index in [9.17, 15) is 13.2 Å². The molecule has 1 amide bonds. The van der Waals surface area contributed by atoms with Crippen molar-refractivity contribution < 1.29 is 13.2 Å². The molecule has 2 aromatic rings. The van der Waals surface area contributed by atoms with Crippen LogP contribution in [0.3, 0.4) is 0 Å². The summed E-state index contributed by atoms with van der Waals surface area (Å²) in [5.74, 6) is 0.460. The number of rotatable bonds is 7. The summed E-state index contributed by atoms with van der Waals surface area (Å²) in [6, 6.07) is 21.6. The first-order valence-corrected chi connectivity index (χ1v) is 13.9. The van der Waals surface area contributed by atoms with E-state index < -0.39 is 9.84 Å². The Kier molecular flexibility index (Phi) is 6.54. The van der Waals surface area contributed by atoms with Crippen molar-refractivity contribution in [2.75, 3.05) is 44.2 Å². The summed E-state index contributed by atoms with van der Waals surface area (Å²) in [7, 11) is -3.00. The van der Waals surface area contributed by atoms with Crippen molar-refractivity contribution in [3.05, 3.63) is 71.8 Å². The Balaban J connectivity index is 1.23. The van der Waals surface area contributed by atoms with Gasteiger partial charge in [-0.25, -0.2) is 8.42 Å². The maximum Gasteiger partial charge on any atom is 0.237 e. The summed E-state index contributed by atoms with van der Waals surface area (Å²) >= 11 is 0. The van der Waals surface area contributed by atoms with Crippen LogP contribution in [-0.4, -0.2) is 85.3 Å². The van der Waals surface area contributed by atoms with Gasteiger partial charge in [-0.3, -0.25) is 14.6 Å². The van der Waals surface area contributed by atoms with Crippen molar-refractivity contribution in [3.8, 4) is 0 Å². The summed E-state index contributed by atoms with van der Waals surface area (Å²) in [5.41, 5.74) is 2.58. The first-order chi connectivity index (χ1) is 16.0. The van der Waals surface area contributed by atoms with Gasteiger partial charge in [0.05, 0.1) is 24.1 Å². The standard InChI is InChI=1S/C26H33N3O3S/c30-25(29(23-11-12-23)24-13-18-33(31,32)20-24)19-27-14-16-28(17-15-27)26(21-7-3-1-4-8-21)22-9-5-2-6-10-22/h1-10,23-24,26H,11-20H2. The van der Waals surface area contributed by atoms with Gasteiger partial charge in [0.1, 0.15) is 0 Å². The number of sulfone groups is 1. The van der Waals surface area contributed by atoms with Crippen molar-refractivity contribution in [1.82, 2.24) is 14.7 Å². The van der Waals surface area contributed by atoms with E-state index >= 15 is 0 Å². The van der Waals surface area contributed by atoms with Crippen molar-refractivity contribution in [3.63, 3.8) is 0 Å². The van der Waals surface area contributed by atoms with Crippen LogP contribution >= 0.6 is 0 Å². The smallest absolute Gasteiger partial charge is 0.237 e. The molecule has 2 aliphatic heterocycles. The van der Waals surface area contributed by atoms with Crippen LogP contribution in [0.4, 0.5) is 0 Å². The monoisotopic (exact) mass is 467 g/mol. The van der Waals surface area contributed by atoms with Crippen LogP contribution in [0.25, 0.3) is 0 Å². The molecule has 6 nitrogen and oxygen atoms in total. The van der Waals surface area contributed by atoms with Crippen LogP contribution in [-0.2, 0) is 14.6 Å². The lowest BCUT2D eigenvalue weighted by atomic mass is 9.96. The summed E-state index contributed by atoms with van der Waals surface area (Å²) < 4.78 is 24.0. The molecule has 0 N–H and O–H groups in total. The zero-order chi connectivity index (χ0) is 22.8. The first kappa shape index (κ1) is 22.6. The van der Waals surface area contributed by atoms with Gasteiger partial charge < -0.3 is 4.90 Å². The molecule has 0 aromatic heterocycles. The highest BCUT2D eigenvalue weighted by Crippen LogP contribution is 2.33. The van der Waals surface area contributed by atoms with E-state index in [0.29, 0.717) is 13.0 Å². The molecule has 1 aliphatic carbocycles. The maximum absolute atomic E-state index is 13.2. The quantitative estimate of drug-likeness (QED) is 0.626. The minimum atomic E-state index is -3.00. The number of hydrogen-bond donors (Lipinski definition) is 0. The lowest BCUT2D eigenvalue weighted by Gasteiger charge is -2.40. The third kappa shape index (κ3) is 5.31. The third-order valence-electron chi connectivity index (χ3n) is 7.19. The number of piperazine rings is 1. The summed E-state index contributed by atoms with van der Waals surface area (Å²) in [5, 5.41) is 0. The van der Waals surface area contributed by atoms with Gasteiger partial charge in [0.15, 0.2) is 9.84 Å².